The number of benzene rings is 1. The number of hydrogen-bond donors (Lipinski definition) is 1. The summed E-state index contributed by atoms with van der Waals surface area (Å²) >= 11 is 6.04. The third-order valence-electron chi connectivity index (χ3n) is 4.68. The molecule has 2 aliphatic heterocycles. The molecule has 0 aliphatic carbocycles. The van der Waals surface area contributed by atoms with E-state index in [-0.39, 0.29) is 12.0 Å². The lowest BCUT2D eigenvalue weighted by atomic mass is 10.2. The molecule has 5 nitrogen and oxygen atoms in total. The molecule has 2 fully saturated rings. The standard InChI is InChI=1S/C18H26ClN3O2/c19-16-4-1-3-15(11-16)13-21-6-8-22(9-7-21)14-18(23)20-12-17-5-2-10-24-17/h1,3-4,11,17H,2,5-10,12-14H2,(H,20,23)/t17-/m1/s1. The Hall–Kier alpha value is -1.14. The molecule has 0 unspecified atom stereocenters. The maximum atomic E-state index is 12.0. The first-order valence-electron chi connectivity index (χ1n) is 8.76. The molecule has 0 aromatic heterocycles. The molecule has 0 spiro atoms. The highest BCUT2D eigenvalue weighted by Crippen LogP contribution is 2.14. The van der Waals surface area contributed by atoms with Gasteiger partial charge in [0.2, 0.25) is 5.91 Å². The van der Waals surface area contributed by atoms with Crippen LogP contribution in [0.2, 0.25) is 5.02 Å². The van der Waals surface area contributed by atoms with Crippen LogP contribution in [-0.2, 0) is 16.1 Å². The van der Waals surface area contributed by atoms with Gasteiger partial charge in [-0.15, -0.1) is 0 Å². The van der Waals surface area contributed by atoms with Crippen molar-refractivity contribution in [3.63, 3.8) is 0 Å². The summed E-state index contributed by atoms with van der Waals surface area (Å²) < 4.78 is 5.53. The molecule has 0 bridgehead atoms. The summed E-state index contributed by atoms with van der Waals surface area (Å²) in [6.45, 7) is 6.68. The molecule has 24 heavy (non-hydrogen) atoms. The molecule has 132 valence electrons. The molecule has 3 rings (SSSR count). The summed E-state index contributed by atoms with van der Waals surface area (Å²) in [6, 6.07) is 8.02. The normalized spacial score (nSPS) is 22.6. The number of amides is 1. The summed E-state index contributed by atoms with van der Waals surface area (Å²) in [5.41, 5.74) is 1.24. The second-order valence-electron chi connectivity index (χ2n) is 6.62. The maximum absolute atomic E-state index is 12.0. The lowest BCUT2D eigenvalue weighted by molar-refractivity contribution is -0.123. The highest BCUT2D eigenvalue weighted by molar-refractivity contribution is 6.30. The molecule has 1 aromatic carbocycles. The first-order chi connectivity index (χ1) is 11.7. The summed E-state index contributed by atoms with van der Waals surface area (Å²) in [6.07, 6.45) is 2.38. The molecule has 6 heteroatoms. The average molecular weight is 352 g/mol. The minimum atomic E-state index is 0.105. The molecule has 2 saturated heterocycles. The van der Waals surface area contributed by atoms with Crippen LogP contribution in [-0.4, -0.2) is 67.7 Å². The Morgan fingerprint density at radius 1 is 1.25 bits per heavy atom. The number of carbonyl (C=O) groups is 1. The lowest BCUT2D eigenvalue weighted by Gasteiger charge is -2.34. The summed E-state index contributed by atoms with van der Waals surface area (Å²) in [5.74, 6) is 0.105. The van der Waals surface area contributed by atoms with E-state index in [1.165, 1.54) is 5.56 Å². The Kier molecular flexibility index (Phi) is 6.49. The number of nitrogens with one attached hydrogen (secondary N) is 1. The smallest absolute Gasteiger partial charge is 0.234 e. The zero-order chi connectivity index (χ0) is 16.8. The van der Waals surface area contributed by atoms with E-state index >= 15 is 0 Å². The molecule has 1 aromatic rings. The van der Waals surface area contributed by atoms with E-state index in [0.717, 1.165) is 57.2 Å². The summed E-state index contributed by atoms with van der Waals surface area (Å²) in [5, 5.41) is 3.78. The van der Waals surface area contributed by atoms with E-state index in [0.29, 0.717) is 13.1 Å². The van der Waals surface area contributed by atoms with Gasteiger partial charge in [-0.3, -0.25) is 14.6 Å². The number of halogens is 1. The van der Waals surface area contributed by atoms with E-state index in [9.17, 15) is 4.79 Å². The second kappa shape index (κ2) is 8.81. The number of piperazine rings is 1. The van der Waals surface area contributed by atoms with Gasteiger partial charge in [-0.05, 0) is 30.5 Å². The Balaban J connectivity index is 1.34. The molecule has 2 heterocycles. The molecular formula is C18H26ClN3O2. The monoisotopic (exact) mass is 351 g/mol. The Morgan fingerprint density at radius 2 is 2.04 bits per heavy atom. The predicted molar refractivity (Wildman–Crippen MR) is 95.2 cm³/mol. The first kappa shape index (κ1) is 17.7. The van der Waals surface area contributed by atoms with Crippen LogP contribution >= 0.6 is 11.6 Å². The molecule has 0 radical (unpaired) electrons. The highest BCUT2D eigenvalue weighted by atomic mass is 35.5. The Labute approximate surface area is 148 Å². The van der Waals surface area contributed by atoms with Gasteiger partial charge in [-0.25, -0.2) is 0 Å². The Morgan fingerprint density at radius 3 is 2.75 bits per heavy atom. The van der Waals surface area contributed by atoms with Gasteiger partial charge in [0.15, 0.2) is 0 Å². The fourth-order valence-electron chi connectivity index (χ4n) is 3.29. The first-order valence-corrected chi connectivity index (χ1v) is 9.14. The maximum Gasteiger partial charge on any atom is 0.234 e. The van der Waals surface area contributed by atoms with Gasteiger partial charge in [0.1, 0.15) is 0 Å². The van der Waals surface area contributed by atoms with Crippen LogP contribution < -0.4 is 5.32 Å². The minimum Gasteiger partial charge on any atom is -0.376 e. The van der Waals surface area contributed by atoms with Gasteiger partial charge in [-0.2, -0.15) is 0 Å². The number of rotatable bonds is 6. The van der Waals surface area contributed by atoms with Gasteiger partial charge in [-0.1, -0.05) is 23.7 Å². The van der Waals surface area contributed by atoms with Crippen LogP contribution in [0.15, 0.2) is 24.3 Å². The van der Waals surface area contributed by atoms with Gasteiger partial charge in [0.25, 0.3) is 0 Å². The zero-order valence-electron chi connectivity index (χ0n) is 14.0. The van der Waals surface area contributed by atoms with Crippen molar-refractivity contribution in [3.8, 4) is 0 Å². The molecule has 1 N–H and O–H groups in total. The highest BCUT2D eigenvalue weighted by Gasteiger charge is 2.20. The molecule has 1 atom stereocenters. The largest absolute Gasteiger partial charge is 0.376 e. The fraction of sp³-hybridized carbons (Fsp3) is 0.611. The van der Waals surface area contributed by atoms with Gasteiger partial charge >= 0.3 is 0 Å². The van der Waals surface area contributed by atoms with Crippen molar-refractivity contribution in [2.45, 2.75) is 25.5 Å². The quantitative estimate of drug-likeness (QED) is 0.848. The van der Waals surface area contributed by atoms with E-state index in [1.54, 1.807) is 0 Å². The number of ether oxygens (including phenoxy) is 1. The molecule has 2 aliphatic rings. The van der Waals surface area contributed by atoms with E-state index in [4.69, 9.17) is 16.3 Å². The zero-order valence-corrected chi connectivity index (χ0v) is 14.8. The van der Waals surface area contributed by atoms with Crippen LogP contribution in [0.5, 0.6) is 0 Å². The van der Waals surface area contributed by atoms with Crippen LogP contribution in [0.1, 0.15) is 18.4 Å². The van der Waals surface area contributed by atoms with Crippen molar-refractivity contribution in [2.24, 2.45) is 0 Å². The molecule has 1 amide bonds. The summed E-state index contributed by atoms with van der Waals surface area (Å²) in [4.78, 5) is 16.7. The van der Waals surface area contributed by atoms with Crippen LogP contribution in [0.4, 0.5) is 0 Å². The van der Waals surface area contributed by atoms with E-state index < -0.39 is 0 Å². The van der Waals surface area contributed by atoms with Gasteiger partial charge < -0.3 is 10.1 Å². The second-order valence-corrected chi connectivity index (χ2v) is 7.06. The van der Waals surface area contributed by atoms with Crippen molar-refractivity contribution in [1.29, 1.82) is 0 Å². The van der Waals surface area contributed by atoms with Crippen LogP contribution in [0, 0.1) is 0 Å². The SMILES string of the molecule is O=C(CN1CCN(Cc2cccc(Cl)c2)CC1)NC[C@H]1CCCO1. The van der Waals surface area contributed by atoms with Crippen LogP contribution in [0.3, 0.4) is 0 Å². The van der Waals surface area contributed by atoms with Crippen molar-refractivity contribution in [1.82, 2.24) is 15.1 Å². The van der Waals surface area contributed by atoms with Gasteiger partial charge in [0, 0.05) is 50.9 Å². The predicted octanol–water partition coefficient (Wildman–Crippen LogP) is 1.75. The summed E-state index contributed by atoms with van der Waals surface area (Å²) in [7, 11) is 0. The number of carbonyl (C=O) groups excluding carboxylic acids is 1. The third kappa shape index (κ3) is 5.45. The fourth-order valence-corrected chi connectivity index (χ4v) is 3.50. The van der Waals surface area contributed by atoms with Crippen molar-refractivity contribution in [2.75, 3.05) is 45.9 Å². The third-order valence-corrected chi connectivity index (χ3v) is 4.91. The van der Waals surface area contributed by atoms with Crippen molar-refractivity contribution >= 4 is 17.5 Å². The van der Waals surface area contributed by atoms with Crippen molar-refractivity contribution < 1.29 is 9.53 Å². The van der Waals surface area contributed by atoms with E-state index in [1.807, 2.05) is 18.2 Å². The topological polar surface area (TPSA) is 44.8 Å². The number of hydrogen-bond acceptors (Lipinski definition) is 4. The van der Waals surface area contributed by atoms with Crippen LogP contribution in [0.25, 0.3) is 0 Å². The Bertz CT molecular complexity index is 541. The van der Waals surface area contributed by atoms with E-state index in [2.05, 4.69) is 21.2 Å². The minimum absolute atomic E-state index is 0.105. The lowest BCUT2D eigenvalue weighted by Crippen LogP contribution is -2.49. The van der Waals surface area contributed by atoms with Crippen molar-refractivity contribution in [3.05, 3.63) is 34.9 Å². The molecular weight excluding hydrogens is 326 g/mol. The number of nitrogens with zero attached hydrogens (tertiary/aromatic N) is 2. The average Bonchev–Trinajstić information content (AvgIpc) is 3.08. The van der Waals surface area contributed by atoms with Gasteiger partial charge in [0.05, 0.1) is 12.6 Å². The molecule has 0 saturated carbocycles.